The van der Waals surface area contributed by atoms with Crippen molar-refractivity contribution in [3.05, 3.63) is 30.1 Å². The third-order valence-electron chi connectivity index (χ3n) is 4.36. The van der Waals surface area contributed by atoms with Crippen molar-refractivity contribution >= 4 is 28.6 Å². The molecule has 0 fully saturated rings. The number of anilines is 3. The Kier molecular flexibility index (Phi) is 5.84. The van der Waals surface area contributed by atoms with Crippen molar-refractivity contribution in [1.82, 2.24) is 19.5 Å². The molecule has 1 aromatic carbocycles. The Bertz CT molecular complexity index is 953. The number of benzene rings is 1. The molecular weight excluding hydrogens is 358 g/mol. The molecule has 3 rings (SSSR count). The maximum absolute atomic E-state index is 9.55. The molecule has 0 bridgehead atoms. The van der Waals surface area contributed by atoms with Crippen molar-refractivity contribution in [1.29, 1.82) is 0 Å². The maximum Gasteiger partial charge on any atom is 0.226 e. The lowest BCUT2D eigenvalue weighted by atomic mass is 10.1. The lowest BCUT2D eigenvalue weighted by Crippen LogP contribution is -2.18. The molecule has 0 saturated carbocycles. The Morgan fingerprint density at radius 3 is 2.68 bits per heavy atom. The number of fused-ring (bicyclic) bond motifs is 1. The van der Waals surface area contributed by atoms with Crippen molar-refractivity contribution in [2.45, 2.75) is 39.5 Å². The van der Waals surface area contributed by atoms with Gasteiger partial charge < -0.3 is 30.8 Å². The number of hydrogen-bond acceptors (Lipinski definition) is 8. The first-order valence-corrected chi connectivity index (χ1v) is 9.22. The molecule has 3 aromatic rings. The van der Waals surface area contributed by atoms with E-state index in [0.717, 1.165) is 11.2 Å². The van der Waals surface area contributed by atoms with Crippen LogP contribution in [0.25, 0.3) is 11.2 Å². The van der Waals surface area contributed by atoms with Crippen LogP contribution in [0.4, 0.5) is 17.5 Å². The fourth-order valence-electron chi connectivity index (χ4n) is 2.84. The summed E-state index contributed by atoms with van der Waals surface area (Å²) in [7, 11) is 1.59. The van der Waals surface area contributed by atoms with E-state index >= 15 is 0 Å². The lowest BCUT2D eigenvalue weighted by Gasteiger charge is -2.14. The van der Waals surface area contributed by atoms with Crippen LogP contribution in [0.1, 0.15) is 32.4 Å². The highest BCUT2D eigenvalue weighted by Gasteiger charge is 2.15. The molecule has 0 aliphatic rings. The normalized spacial score (nSPS) is 12.4. The molecule has 9 heteroatoms. The zero-order chi connectivity index (χ0) is 20.3. The summed E-state index contributed by atoms with van der Waals surface area (Å²) in [4.78, 5) is 13.6. The zero-order valence-electron chi connectivity index (χ0n) is 16.6. The van der Waals surface area contributed by atoms with E-state index in [0.29, 0.717) is 41.8 Å². The van der Waals surface area contributed by atoms with Crippen LogP contribution in [-0.4, -0.2) is 44.4 Å². The monoisotopic (exact) mass is 385 g/mol. The maximum atomic E-state index is 9.55. The second-order valence-electron chi connectivity index (χ2n) is 6.93. The van der Waals surface area contributed by atoms with Crippen LogP contribution in [-0.2, 0) is 6.54 Å². The molecule has 0 saturated heterocycles. The summed E-state index contributed by atoms with van der Waals surface area (Å²) in [5.41, 5.74) is 9.05. The minimum atomic E-state index is -0.512. The van der Waals surface area contributed by atoms with Crippen molar-refractivity contribution in [3.8, 4) is 5.75 Å². The second kappa shape index (κ2) is 8.30. The predicted molar refractivity (Wildman–Crippen MR) is 111 cm³/mol. The molecular formula is C19H27N7O2. The van der Waals surface area contributed by atoms with E-state index in [1.54, 1.807) is 20.4 Å². The van der Waals surface area contributed by atoms with Crippen molar-refractivity contribution < 1.29 is 9.84 Å². The fourth-order valence-corrected chi connectivity index (χ4v) is 2.84. The van der Waals surface area contributed by atoms with Gasteiger partial charge in [-0.1, -0.05) is 12.1 Å². The SMILES string of the molecule is COc1cccc(CNc2nc(NCC(C)O)nc3c2ncn3C(C)C)c1N. The molecule has 1 atom stereocenters. The average molecular weight is 385 g/mol. The average Bonchev–Trinajstić information content (AvgIpc) is 3.09. The van der Waals surface area contributed by atoms with Gasteiger partial charge in [-0.3, -0.25) is 0 Å². The fraction of sp³-hybridized carbons (Fsp3) is 0.421. The van der Waals surface area contributed by atoms with Gasteiger partial charge in [0.25, 0.3) is 0 Å². The number of nitrogens with zero attached hydrogens (tertiary/aromatic N) is 4. The molecule has 2 aromatic heterocycles. The Labute approximate surface area is 164 Å². The number of para-hydroxylation sites is 1. The standard InChI is InChI=1S/C19H27N7O2/c1-11(2)26-10-23-16-17(24-19(25-18(16)26)22-8-12(3)27)21-9-13-6-5-7-14(28-4)15(13)20/h5-7,10-12,27H,8-9,20H2,1-4H3,(H2,21,22,24,25). The van der Waals surface area contributed by atoms with Gasteiger partial charge in [0.15, 0.2) is 17.0 Å². The smallest absolute Gasteiger partial charge is 0.226 e. The number of aromatic nitrogens is 4. The number of rotatable bonds is 8. The minimum absolute atomic E-state index is 0.200. The third kappa shape index (κ3) is 4.09. The Morgan fingerprint density at radius 2 is 2.00 bits per heavy atom. The summed E-state index contributed by atoms with van der Waals surface area (Å²) < 4.78 is 7.27. The van der Waals surface area contributed by atoms with Crippen LogP contribution in [0.3, 0.4) is 0 Å². The van der Waals surface area contributed by atoms with Crippen molar-refractivity contribution in [2.24, 2.45) is 0 Å². The van der Waals surface area contributed by atoms with Crippen LogP contribution >= 0.6 is 0 Å². The highest BCUT2D eigenvalue weighted by Crippen LogP contribution is 2.27. The number of methoxy groups -OCH3 is 1. The highest BCUT2D eigenvalue weighted by atomic mass is 16.5. The molecule has 28 heavy (non-hydrogen) atoms. The van der Waals surface area contributed by atoms with Crippen LogP contribution in [0.2, 0.25) is 0 Å². The summed E-state index contributed by atoms with van der Waals surface area (Å²) in [6, 6.07) is 5.85. The number of aliphatic hydroxyl groups is 1. The van der Waals surface area contributed by atoms with E-state index in [4.69, 9.17) is 10.5 Å². The lowest BCUT2D eigenvalue weighted by molar-refractivity contribution is 0.208. The van der Waals surface area contributed by atoms with Gasteiger partial charge in [0.1, 0.15) is 5.75 Å². The van der Waals surface area contributed by atoms with Crippen LogP contribution in [0, 0.1) is 0 Å². The van der Waals surface area contributed by atoms with Gasteiger partial charge in [-0.15, -0.1) is 0 Å². The van der Waals surface area contributed by atoms with Crippen LogP contribution in [0.15, 0.2) is 24.5 Å². The molecule has 0 aliphatic heterocycles. The molecule has 0 amide bonds. The van der Waals surface area contributed by atoms with E-state index in [-0.39, 0.29) is 6.04 Å². The summed E-state index contributed by atoms with van der Waals surface area (Å²) in [6.07, 6.45) is 1.25. The van der Waals surface area contributed by atoms with Gasteiger partial charge in [-0.05, 0) is 32.4 Å². The number of nitrogen functional groups attached to an aromatic ring is 1. The molecule has 2 heterocycles. The molecule has 1 unspecified atom stereocenters. The molecule has 0 radical (unpaired) electrons. The number of imidazole rings is 1. The first kappa shape index (κ1) is 19.7. The second-order valence-corrected chi connectivity index (χ2v) is 6.93. The van der Waals surface area contributed by atoms with Crippen LogP contribution in [0.5, 0.6) is 5.75 Å². The highest BCUT2D eigenvalue weighted by molar-refractivity contribution is 5.84. The van der Waals surface area contributed by atoms with Crippen molar-refractivity contribution in [2.75, 3.05) is 30.0 Å². The van der Waals surface area contributed by atoms with E-state index in [9.17, 15) is 5.11 Å². The molecule has 150 valence electrons. The van der Waals surface area contributed by atoms with Gasteiger partial charge in [0, 0.05) is 19.1 Å². The molecule has 0 aliphatic carbocycles. The molecule has 9 nitrogen and oxygen atoms in total. The van der Waals surface area contributed by atoms with E-state index in [2.05, 4.69) is 39.4 Å². The van der Waals surface area contributed by atoms with Gasteiger partial charge in [-0.25, -0.2) is 4.98 Å². The van der Waals surface area contributed by atoms with Crippen molar-refractivity contribution in [3.63, 3.8) is 0 Å². The van der Waals surface area contributed by atoms with Gasteiger partial charge >= 0.3 is 0 Å². The number of ether oxygens (including phenoxy) is 1. The Morgan fingerprint density at radius 1 is 1.21 bits per heavy atom. The summed E-state index contributed by atoms with van der Waals surface area (Å²) in [6.45, 7) is 6.64. The Hall–Kier alpha value is -3.07. The van der Waals surface area contributed by atoms with Gasteiger partial charge in [0.05, 0.1) is 25.2 Å². The summed E-state index contributed by atoms with van der Waals surface area (Å²) in [5, 5.41) is 15.9. The first-order valence-electron chi connectivity index (χ1n) is 9.22. The summed E-state index contributed by atoms with van der Waals surface area (Å²) in [5.74, 6) is 1.66. The number of hydrogen-bond donors (Lipinski definition) is 4. The zero-order valence-corrected chi connectivity index (χ0v) is 16.6. The summed E-state index contributed by atoms with van der Waals surface area (Å²) >= 11 is 0. The number of nitrogens with two attached hydrogens (primary N) is 1. The number of nitrogens with one attached hydrogen (secondary N) is 2. The number of aliphatic hydroxyl groups excluding tert-OH is 1. The van der Waals surface area contributed by atoms with E-state index in [1.165, 1.54) is 0 Å². The third-order valence-corrected chi connectivity index (χ3v) is 4.36. The van der Waals surface area contributed by atoms with E-state index < -0.39 is 6.10 Å². The largest absolute Gasteiger partial charge is 0.495 e. The first-order chi connectivity index (χ1) is 13.4. The van der Waals surface area contributed by atoms with Gasteiger partial charge in [-0.2, -0.15) is 9.97 Å². The van der Waals surface area contributed by atoms with Gasteiger partial charge in [0.2, 0.25) is 5.95 Å². The topological polar surface area (TPSA) is 123 Å². The quantitative estimate of drug-likeness (QED) is 0.436. The van der Waals surface area contributed by atoms with Crippen LogP contribution < -0.4 is 21.1 Å². The minimum Gasteiger partial charge on any atom is -0.495 e. The Balaban J connectivity index is 1.94. The predicted octanol–water partition coefficient (Wildman–Crippen LogP) is 2.40. The molecule has 5 N–H and O–H groups in total. The molecule has 0 spiro atoms. The van der Waals surface area contributed by atoms with E-state index in [1.807, 2.05) is 22.8 Å².